The third-order valence-corrected chi connectivity index (χ3v) is 6.79. The van der Waals surface area contributed by atoms with Gasteiger partial charge in [-0.3, -0.25) is 4.90 Å². The van der Waals surface area contributed by atoms with Gasteiger partial charge in [0, 0.05) is 45.2 Å². The van der Waals surface area contributed by atoms with Crippen LogP contribution in [-0.4, -0.2) is 60.5 Å². The molecular formula is C14H23N3O3S2. The average Bonchev–Trinajstić information content (AvgIpc) is 2.39. The lowest BCUT2D eigenvalue weighted by molar-refractivity contribution is 0.181. The lowest BCUT2D eigenvalue weighted by Crippen LogP contribution is -2.47. The van der Waals surface area contributed by atoms with Crippen LogP contribution in [0.1, 0.15) is 11.1 Å². The monoisotopic (exact) mass is 345 g/mol. The Balaban J connectivity index is 1.99. The molecule has 1 saturated heterocycles. The first-order chi connectivity index (χ1) is 10.2. The van der Waals surface area contributed by atoms with E-state index in [1.165, 1.54) is 27.9 Å². The zero-order valence-electron chi connectivity index (χ0n) is 13.2. The van der Waals surface area contributed by atoms with Crippen LogP contribution in [0, 0.1) is 6.92 Å². The van der Waals surface area contributed by atoms with Crippen LogP contribution in [0.15, 0.2) is 28.0 Å². The SMILES string of the molecule is Cc1ccccc1CN1CCN(S(=O)(=O)N=S(C)(C)=O)CC1. The van der Waals surface area contributed by atoms with Crippen LogP contribution in [0.2, 0.25) is 0 Å². The normalized spacial score (nSPS) is 18.3. The number of rotatable bonds is 4. The van der Waals surface area contributed by atoms with Crippen LogP contribution < -0.4 is 0 Å². The maximum absolute atomic E-state index is 12.1. The topological polar surface area (TPSA) is 70.1 Å². The van der Waals surface area contributed by atoms with E-state index < -0.39 is 19.9 Å². The predicted octanol–water partition coefficient (Wildman–Crippen LogP) is 1.09. The Bertz CT molecular complexity index is 736. The molecule has 124 valence electrons. The van der Waals surface area contributed by atoms with Gasteiger partial charge in [0.25, 0.3) is 0 Å². The molecule has 0 unspecified atom stereocenters. The summed E-state index contributed by atoms with van der Waals surface area (Å²) in [5.41, 5.74) is 2.50. The Labute approximate surface area is 133 Å². The minimum atomic E-state index is -3.79. The van der Waals surface area contributed by atoms with Gasteiger partial charge in [0.2, 0.25) is 0 Å². The highest BCUT2D eigenvalue weighted by Gasteiger charge is 2.27. The number of hydrogen-bond acceptors (Lipinski definition) is 4. The molecule has 0 atom stereocenters. The van der Waals surface area contributed by atoms with E-state index in [1.807, 2.05) is 12.1 Å². The van der Waals surface area contributed by atoms with E-state index in [-0.39, 0.29) is 0 Å². The average molecular weight is 345 g/mol. The van der Waals surface area contributed by atoms with E-state index >= 15 is 0 Å². The van der Waals surface area contributed by atoms with Crippen molar-refractivity contribution in [1.82, 2.24) is 9.21 Å². The third kappa shape index (κ3) is 4.77. The molecular weight excluding hydrogens is 322 g/mol. The molecule has 0 radical (unpaired) electrons. The van der Waals surface area contributed by atoms with Gasteiger partial charge in [-0.25, -0.2) is 4.21 Å². The summed E-state index contributed by atoms with van der Waals surface area (Å²) in [6, 6.07) is 8.20. The van der Waals surface area contributed by atoms with Gasteiger partial charge in [0.05, 0.1) is 9.73 Å². The van der Waals surface area contributed by atoms with Gasteiger partial charge in [-0.1, -0.05) is 28.0 Å². The van der Waals surface area contributed by atoms with Gasteiger partial charge < -0.3 is 0 Å². The third-order valence-electron chi connectivity index (χ3n) is 3.59. The zero-order valence-corrected chi connectivity index (χ0v) is 14.9. The summed E-state index contributed by atoms with van der Waals surface area (Å²) in [4.78, 5) is 2.23. The standard InChI is InChI=1S/C14H23N3O3S2/c1-13-6-4-5-7-14(13)12-16-8-10-17(11-9-16)22(19,20)15-21(2,3)18/h4-7H,8-12H2,1-3H3. The lowest BCUT2D eigenvalue weighted by atomic mass is 10.1. The molecule has 6 nitrogen and oxygen atoms in total. The summed E-state index contributed by atoms with van der Waals surface area (Å²) in [5.74, 6) is 0. The largest absolute Gasteiger partial charge is 0.330 e. The van der Waals surface area contributed by atoms with Crippen LogP contribution in [-0.2, 0) is 26.5 Å². The summed E-state index contributed by atoms with van der Waals surface area (Å²) >= 11 is 0. The van der Waals surface area contributed by atoms with Crippen molar-refractivity contribution in [3.05, 3.63) is 35.4 Å². The van der Waals surface area contributed by atoms with Gasteiger partial charge in [-0.15, -0.1) is 0 Å². The molecule has 8 heteroatoms. The van der Waals surface area contributed by atoms with E-state index in [4.69, 9.17) is 0 Å². The first-order valence-electron chi connectivity index (χ1n) is 7.13. The highest BCUT2D eigenvalue weighted by molar-refractivity contribution is 8.01. The second-order valence-corrected chi connectivity index (χ2v) is 10.2. The van der Waals surface area contributed by atoms with Gasteiger partial charge in [0.15, 0.2) is 0 Å². The van der Waals surface area contributed by atoms with E-state index in [9.17, 15) is 12.6 Å². The van der Waals surface area contributed by atoms with Crippen molar-refractivity contribution in [2.45, 2.75) is 13.5 Å². The molecule has 1 fully saturated rings. The summed E-state index contributed by atoms with van der Waals surface area (Å²) in [6.07, 6.45) is 2.66. The fourth-order valence-electron chi connectivity index (χ4n) is 2.42. The van der Waals surface area contributed by atoms with Crippen molar-refractivity contribution in [2.24, 2.45) is 3.77 Å². The number of benzene rings is 1. The molecule has 0 aliphatic carbocycles. The summed E-state index contributed by atoms with van der Waals surface area (Å²) in [5, 5.41) is 0. The highest BCUT2D eigenvalue weighted by atomic mass is 32.3. The second-order valence-electron chi connectivity index (χ2n) is 5.84. The van der Waals surface area contributed by atoms with Crippen LogP contribution in [0.3, 0.4) is 0 Å². The Morgan fingerprint density at radius 1 is 1.05 bits per heavy atom. The lowest BCUT2D eigenvalue weighted by Gasteiger charge is -2.33. The molecule has 1 aromatic carbocycles. The molecule has 0 saturated carbocycles. The summed E-state index contributed by atoms with van der Waals surface area (Å²) < 4.78 is 40.6. The molecule has 0 spiro atoms. The van der Waals surface area contributed by atoms with Crippen molar-refractivity contribution in [3.8, 4) is 0 Å². The number of hydrogen-bond donors (Lipinski definition) is 0. The molecule has 0 bridgehead atoms. The molecule has 1 aromatic rings. The summed E-state index contributed by atoms with van der Waals surface area (Å²) in [6.45, 7) is 4.96. The fourth-order valence-corrected chi connectivity index (χ4v) is 5.24. The quantitative estimate of drug-likeness (QED) is 0.819. The fraction of sp³-hybridized carbons (Fsp3) is 0.571. The molecule has 1 aliphatic rings. The zero-order chi connectivity index (χ0) is 16.4. The maximum atomic E-state index is 12.1. The van der Waals surface area contributed by atoms with Crippen LogP contribution in [0.5, 0.6) is 0 Å². The second kappa shape index (κ2) is 6.66. The van der Waals surface area contributed by atoms with Gasteiger partial charge in [0.1, 0.15) is 0 Å². The van der Waals surface area contributed by atoms with E-state index in [0.717, 1.165) is 6.54 Å². The summed E-state index contributed by atoms with van der Waals surface area (Å²) in [7, 11) is -6.46. The molecule has 1 aliphatic heterocycles. The van der Waals surface area contributed by atoms with Crippen LogP contribution in [0.25, 0.3) is 0 Å². The Hall–Kier alpha value is -0.960. The maximum Gasteiger partial charge on any atom is 0.330 e. The van der Waals surface area contributed by atoms with Crippen molar-refractivity contribution in [3.63, 3.8) is 0 Å². The molecule has 0 aromatic heterocycles. The number of nitrogens with zero attached hydrogens (tertiary/aromatic N) is 3. The molecule has 22 heavy (non-hydrogen) atoms. The number of piperazine rings is 1. The van der Waals surface area contributed by atoms with Crippen molar-refractivity contribution < 1.29 is 12.6 Å². The smallest absolute Gasteiger partial charge is 0.296 e. The first kappa shape index (κ1) is 17.4. The van der Waals surface area contributed by atoms with Crippen LogP contribution in [0.4, 0.5) is 0 Å². The minimum absolute atomic E-state index is 0.382. The molecule has 2 rings (SSSR count). The van der Waals surface area contributed by atoms with Crippen LogP contribution >= 0.6 is 0 Å². The van der Waals surface area contributed by atoms with Crippen molar-refractivity contribution >= 4 is 19.9 Å². The number of aryl methyl sites for hydroxylation is 1. The van der Waals surface area contributed by atoms with Crippen molar-refractivity contribution in [2.75, 3.05) is 38.7 Å². The molecule has 1 heterocycles. The predicted molar refractivity (Wildman–Crippen MR) is 89.4 cm³/mol. The minimum Gasteiger partial charge on any atom is -0.296 e. The Kier molecular flexibility index (Phi) is 5.26. The first-order valence-corrected chi connectivity index (χ1v) is 10.9. The van der Waals surface area contributed by atoms with Gasteiger partial charge in [-0.2, -0.15) is 12.7 Å². The van der Waals surface area contributed by atoms with Gasteiger partial charge >= 0.3 is 10.2 Å². The Morgan fingerprint density at radius 2 is 1.64 bits per heavy atom. The molecule has 0 amide bonds. The van der Waals surface area contributed by atoms with Gasteiger partial charge in [-0.05, 0) is 18.1 Å². The van der Waals surface area contributed by atoms with E-state index in [2.05, 4.69) is 27.7 Å². The van der Waals surface area contributed by atoms with Crippen molar-refractivity contribution in [1.29, 1.82) is 0 Å². The van der Waals surface area contributed by atoms with E-state index in [0.29, 0.717) is 26.2 Å². The highest BCUT2D eigenvalue weighted by Crippen LogP contribution is 2.15. The Morgan fingerprint density at radius 3 is 2.18 bits per heavy atom. The molecule has 0 N–H and O–H groups in total. The van der Waals surface area contributed by atoms with E-state index in [1.54, 1.807) is 0 Å².